The number of hydrogen-bond donors (Lipinski definition) is 0. The molecule has 5 heteroatoms. The predicted octanol–water partition coefficient (Wildman–Crippen LogP) is 6.17. The molecule has 0 aliphatic heterocycles. The second kappa shape index (κ2) is 6.45. The summed E-state index contributed by atoms with van der Waals surface area (Å²) < 4.78 is 3.17. The molecule has 0 spiro atoms. The van der Waals surface area contributed by atoms with Gasteiger partial charge in [0.1, 0.15) is 5.82 Å². The van der Waals surface area contributed by atoms with Gasteiger partial charge in [0.2, 0.25) is 0 Å². The molecular weight excluding hydrogens is 383 g/mol. The van der Waals surface area contributed by atoms with Gasteiger partial charge in [-0.2, -0.15) is 0 Å². The highest BCUT2D eigenvalue weighted by atomic mass is 79.9. The second-order valence-corrected chi connectivity index (χ2v) is 6.62. The highest BCUT2D eigenvalue weighted by Gasteiger charge is 2.15. The van der Waals surface area contributed by atoms with Gasteiger partial charge in [0.05, 0.1) is 5.02 Å². The summed E-state index contributed by atoms with van der Waals surface area (Å²) >= 11 is 15.8. The molecule has 0 atom stereocenters. The topological polar surface area (TPSA) is 17.8 Å². The van der Waals surface area contributed by atoms with E-state index in [4.69, 9.17) is 23.2 Å². The summed E-state index contributed by atoms with van der Waals surface area (Å²) in [6.07, 6.45) is 2.77. The van der Waals surface area contributed by atoms with Gasteiger partial charge in [0.25, 0.3) is 0 Å². The van der Waals surface area contributed by atoms with Gasteiger partial charge in [0.15, 0.2) is 0 Å². The van der Waals surface area contributed by atoms with Crippen LogP contribution < -0.4 is 0 Å². The number of rotatable bonds is 3. The van der Waals surface area contributed by atoms with E-state index in [0.29, 0.717) is 10.0 Å². The Morgan fingerprint density at radius 3 is 2.45 bits per heavy atom. The van der Waals surface area contributed by atoms with Gasteiger partial charge in [-0.15, -0.1) is 0 Å². The van der Waals surface area contributed by atoms with E-state index in [2.05, 4.69) is 44.5 Å². The summed E-state index contributed by atoms with van der Waals surface area (Å²) in [5, 5.41) is 1.21. The smallest absolute Gasteiger partial charge is 0.146 e. The van der Waals surface area contributed by atoms with Crippen LogP contribution >= 0.6 is 39.1 Å². The predicted molar refractivity (Wildman–Crippen MR) is 96.1 cm³/mol. The van der Waals surface area contributed by atoms with E-state index in [1.54, 1.807) is 6.07 Å². The maximum absolute atomic E-state index is 6.36. The molecular formula is C17H13BrCl2N2. The van der Waals surface area contributed by atoms with Crippen molar-refractivity contribution in [3.8, 4) is 17.1 Å². The third-order valence-electron chi connectivity index (χ3n) is 3.45. The third-order valence-corrected chi connectivity index (χ3v) is 4.53. The standard InChI is InChI=1S/C17H13BrCl2N2/c1-2-13-10-21-17(15-8-5-12(19)9-16(15)20)22(13)14-6-3-11(18)4-7-14/h3-10H,2H2,1H3. The van der Waals surface area contributed by atoms with Crippen LogP contribution in [0, 0.1) is 0 Å². The Labute approximate surface area is 147 Å². The van der Waals surface area contributed by atoms with Gasteiger partial charge in [-0.25, -0.2) is 4.98 Å². The lowest BCUT2D eigenvalue weighted by Crippen LogP contribution is -2.02. The van der Waals surface area contributed by atoms with Gasteiger partial charge in [-0.3, -0.25) is 4.57 Å². The molecule has 1 heterocycles. The van der Waals surface area contributed by atoms with Gasteiger partial charge < -0.3 is 0 Å². The molecule has 3 aromatic rings. The molecule has 1 aromatic heterocycles. The molecule has 2 aromatic carbocycles. The number of halogens is 3. The molecule has 0 radical (unpaired) electrons. The number of nitrogens with zero attached hydrogens (tertiary/aromatic N) is 2. The summed E-state index contributed by atoms with van der Waals surface area (Å²) in [7, 11) is 0. The normalized spacial score (nSPS) is 10.9. The molecule has 3 rings (SSSR count). The van der Waals surface area contributed by atoms with Crippen molar-refractivity contribution in [3.63, 3.8) is 0 Å². The van der Waals surface area contributed by atoms with Crippen LogP contribution in [-0.2, 0) is 6.42 Å². The van der Waals surface area contributed by atoms with Gasteiger partial charge in [0, 0.05) is 32.6 Å². The van der Waals surface area contributed by atoms with Crippen LogP contribution in [0.25, 0.3) is 17.1 Å². The van der Waals surface area contributed by atoms with Crippen molar-refractivity contribution in [2.45, 2.75) is 13.3 Å². The fourth-order valence-electron chi connectivity index (χ4n) is 2.38. The van der Waals surface area contributed by atoms with Crippen molar-refractivity contribution in [1.82, 2.24) is 9.55 Å². The van der Waals surface area contributed by atoms with Crippen LogP contribution in [0.5, 0.6) is 0 Å². The SMILES string of the molecule is CCc1cnc(-c2ccc(Cl)cc2Cl)n1-c1ccc(Br)cc1. The first-order valence-electron chi connectivity index (χ1n) is 6.88. The molecule has 0 N–H and O–H groups in total. The van der Waals surface area contributed by atoms with Crippen molar-refractivity contribution < 1.29 is 0 Å². The van der Waals surface area contributed by atoms with Crippen LogP contribution in [0.2, 0.25) is 10.0 Å². The second-order valence-electron chi connectivity index (χ2n) is 4.86. The molecule has 0 saturated carbocycles. The molecule has 0 unspecified atom stereocenters. The van der Waals surface area contributed by atoms with E-state index in [9.17, 15) is 0 Å². The number of aryl methyl sites for hydroxylation is 1. The maximum Gasteiger partial charge on any atom is 0.146 e. The first-order valence-corrected chi connectivity index (χ1v) is 8.43. The molecule has 0 aliphatic rings. The summed E-state index contributed by atoms with van der Waals surface area (Å²) in [5.74, 6) is 0.820. The number of aromatic nitrogens is 2. The highest BCUT2D eigenvalue weighted by Crippen LogP contribution is 2.32. The van der Waals surface area contributed by atoms with Crippen molar-refractivity contribution in [2.75, 3.05) is 0 Å². The number of imidazole rings is 1. The van der Waals surface area contributed by atoms with Crippen LogP contribution in [-0.4, -0.2) is 9.55 Å². The Hall–Kier alpha value is -1.29. The van der Waals surface area contributed by atoms with E-state index >= 15 is 0 Å². The number of benzene rings is 2. The van der Waals surface area contributed by atoms with Gasteiger partial charge >= 0.3 is 0 Å². The molecule has 0 fully saturated rings. The summed E-state index contributed by atoms with van der Waals surface area (Å²) in [6, 6.07) is 13.6. The first-order chi connectivity index (χ1) is 10.6. The van der Waals surface area contributed by atoms with E-state index in [0.717, 1.165) is 33.7 Å². The van der Waals surface area contributed by atoms with Crippen LogP contribution in [0.3, 0.4) is 0 Å². The molecule has 2 nitrogen and oxygen atoms in total. The summed E-state index contributed by atoms with van der Waals surface area (Å²) in [4.78, 5) is 4.57. The van der Waals surface area contributed by atoms with Crippen molar-refractivity contribution >= 4 is 39.1 Å². The van der Waals surface area contributed by atoms with Crippen LogP contribution in [0.1, 0.15) is 12.6 Å². The molecule has 0 bridgehead atoms. The zero-order chi connectivity index (χ0) is 15.7. The fraction of sp³-hybridized carbons (Fsp3) is 0.118. The lowest BCUT2D eigenvalue weighted by molar-refractivity contribution is 0.940. The minimum atomic E-state index is 0.596. The summed E-state index contributed by atoms with van der Waals surface area (Å²) in [6.45, 7) is 2.11. The minimum Gasteiger partial charge on any atom is -0.297 e. The van der Waals surface area contributed by atoms with Crippen molar-refractivity contribution in [3.05, 3.63) is 68.9 Å². The van der Waals surface area contributed by atoms with Crippen molar-refractivity contribution in [1.29, 1.82) is 0 Å². The van der Waals surface area contributed by atoms with Crippen LogP contribution in [0.4, 0.5) is 0 Å². The molecule has 22 heavy (non-hydrogen) atoms. The van der Waals surface area contributed by atoms with Crippen molar-refractivity contribution in [2.24, 2.45) is 0 Å². The maximum atomic E-state index is 6.36. The zero-order valence-electron chi connectivity index (χ0n) is 11.9. The van der Waals surface area contributed by atoms with E-state index < -0.39 is 0 Å². The molecule has 112 valence electrons. The molecule has 0 saturated heterocycles. The van der Waals surface area contributed by atoms with E-state index in [1.165, 1.54) is 0 Å². The first kappa shape index (κ1) is 15.6. The third kappa shape index (κ3) is 2.94. The van der Waals surface area contributed by atoms with E-state index in [1.807, 2.05) is 30.5 Å². The van der Waals surface area contributed by atoms with E-state index in [-0.39, 0.29) is 0 Å². The van der Waals surface area contributed by atoms with Gasteiger partial charge in [-0.05, 0) is 48.9 Å². The minimum absolute atomic E-state index is 0.596. The molecule has 0 amide bonds. The Kier molecular flexibility index (Phi) is 4.57. The van der Waals surface area contributed by atoms with Crippen LogP contribution in [0.15, 0.2) is 53.1 Å². The quantitative estimate of drug-likeness (QED) is 0.518. The average molecular weight is 396 g/mol. The fourth-order valence-corrected chi connectivity index (χ4v) is 3.13. The Bertz CT molecular complexity index is 810. The van der Waals surface area contributed by atoms with Gasteiger partial charge in [-0.1, -0.05) is 46.1 Å². The lowest BCUT2D eigenvalue weighted by atomic mass is 10.2. The lowest BCUT2D eigenvalue weighted by Gasteiger charge is -2.12. The molecule has 0 aliphatic carbocycles. The Balaban J connectivity index is 2.21. The zero-order valence-corrected chi connectivity index (χ0v) is 15.0. The Morgan fingerprint density at radius 1 is 1.09 bits per heavy atom. The largest absolute Gasteiger partial charge is 0.297 e. The summed E-state index contributed by atoms with van der Waals surface area (Å²) in [5.41, 5.74) is 3.05. The monoisotopic (exact) mass is 394 g/mol. The average Bonchev–Trinajstić information content (AvgIpc) is 2.92. The highest BCUT2D eigenvalue weighted by molar-refractivity contribution is 9.10. The number of hydrogen-bond acceptors (Lipinski definition) is 1. The Morgan fingerprint density at radius 2 is 1.82 bits per heavy atom.